The molecule has 294 valence electrons. The van der Waals surface area contributed by atoms with Gasteiger partial charge in [-0.15, -0.1) is 0 Å². The second-order valence-electron chi connectivity index (χ2n) is 17.5. The first-order valence-corrected chi connectivity index (χ1v) is 20.3. The quantitative estimate of drug-likeness (QED) is 0.115. The monoisotopic (exact) mass is 765 g/mol. The summed E-state index contributed by atoms with van der Waals surface area (Å²) >= 11 is 0. The minimum absolute atomic E-state index is 0.0345. The Hall–Kier alpha value is -5.13. The highest BCUT2D eigenvalue weighted by Gasteiger charge is 2.68. The topological polar surface area (TPSA) is 132 Å². The average molecular weight is 766 g/mol. The van der Waals surface area contributed by atoms with Crippen LogP contribution in [0.25, 0.3) is 21.5 Å². The molecule has 2 heterocycles. The zero-order valence-corrected chi connectivity index (χ0v) is 33.4. The Labute approximate surface area is 335 Å². The third-order valence-corrected chi connectivity index (χ3v) is 12.9. The van der Waals surface area contributed by atoms with Crippen molar-refractivity contribution in [1.82, 2.24) is 25.9 Å². The number of amides is 3. The number of aromatic nitrogens is 2. The summed E-state index contributed by atoms with van der Waals surface area (Å²) in [5, 5.41) is 13.5. The number of rotatable bonds is 13. The molecule has 9 rings (SSSR count). The smallest absolute Gasteiger partial charge is 0.404 e. The number of benzene rings is 4. The normalized spacial score (nSPS) is 23.6. The van der Waals surface area contributed by atoms with Gasteiger partial charge in [-0.1, -0.05) is 113 Å². The van der Waals surface area contributed by atoms with E-state index in [1.165, 1.54) is 18.6 Å². The molecule has 10 nitrogen and oxygen atoms in total. The number of nitrogens with zero attached hydrogens (tertiary/aromatic N) is 2. The van der Waals surface area contributed by atoms with Crippen LogP contribution in [0.1, 0.15) is 75.5 Å². The zero-order chi connectivity index (χ0) is 39.9. The fourth-order valence-electron chi connectivity index (χ4n) is 9.64. The number of fused-ring (bicyclic) bond motifs is 2. The molecule has 4 fully saturated rings. The molecule has 3 saturated carbocycles. The number of carbonyl (C=O) groups excluding carboxylic acids is 3. The predicted molar refractivity (Wildman–Crippen MR) is 222 cm³/mol. The fraction of sp³-hybridized carbons (Fsp3) is 0.413. The number of nitrogens with one attached hydrogen (secondary N) is 3. The van der Waals surface area contributed by atoms with Crippen LogP contribution >= 0.6 is 0 Å². The molecule has 1 aliphatic heterocycles. The lowest BCUT2D eigenvalue weighted by atomic mass is 9.43. The Morgan fingerprint density at radius 1 is 0.772 bits per heavy atom. The van der Waals surface area contributed by atoms with Gasteiger partial charge >= 0.3 is 7.12 Å². The summed E-state index contributed by atoms with van der Waals surface area (Å²) in [5.74, 6) is -0.604. The number of hydrogen-bond donors (Lipinski definition) is 3. The summed E-state index contributed by atoms with van der Waals surface area (Å²) in [6, 6.07) is 26.1. The molecule has 0 unspecified atom stereocenters. The molecule has 1 aromatic heterocycles. The maximum Gasteiger partial charge on any atom is 0.481 e. The lowest BCUT2D eigenvalue weighted by molar-refractivity contribution is -0.199. The van der Waals surface area contributed by atoms with Crippen molar-refractivity contribution in [2.24, 2.45) is 23.2 Å². The maximum atomic E-state index is 14.7. The van der Waals surface area contributed by atoms with Crippen molar-refractivity contribution < 1.29 is 23.7 Å². The SMILES string of the molecule is CC(C)C[C@H](NC(=O)[C@H](Cc1ccc2ccccc2c1)NC(=O)[C@H](Cc1ccc2ccccc2c1)NC(=O)c1cnccn1)B1O[C@H]2C[C@@H]3C[C@@H](C3(C)C)[C@@]2(C)O1. The summed E-state index contributed by atoms with van der Waals surface area (Å²) in [4.78, 5) is 50.9. The fourth-order valence-corrected chi connectivity index (χ4v) is 9.64. The highest BCUT2D eigenvalue weighted by atomic mass is 16.7. The van der Waals surface area contributed by atoms with Crippen LogP contribution in [-0.4, -0.2) is 64.5 Å². The van der Waals surface area contributed by atoms with Gasteiger partial charge in [-0.3, -0.25) is 19.4 Å². The van der Waals surface area contributed by atoms with Crippen molar-refractivity contribution in [3.05, 3.63) is 120 Å². The van der Waals surface area contributed by atoms with Gasteiger partial charge in [0.05, 0.1) is 23.8 Å². The lowest BCUT2D eigenvalue weighted by Gasteiger charge is -2.64. The van der Waals surface area contributed by atoms with Crippen LogP contribution in [-0.2, 0) is 31.7 Å². The third-order valence-electron chi connectivity index (χ3n) is 12.9. The van der Waals surface area contributed by atoms with E-state index in [-0.39, 0.29) is 41.9 Å². The van der Waals surface area contributed by atoms with E-state index in [0.29, 0.717) is 18.3 Å². The highest BCUT2D eigenvalue weighted by molar-refractivity contribution is 6.48. The summed E-state index contributed by atoms with van der Waals surface area (Å²) in [7, 11) is -0.620. The Balaban J connectivity index is 1.08. The van der Waals surface area contributed by atoms with E-state index in [2.05, 4.69) is 66.6 Å². The van der Waals surface area contributed by atoms with Crippen LogP contribution in [0, 0.1) is 23.2 Å². The summed E-state index contributed by atoms with van der Waals surface area (Å²) in [6.07, 6.45) is 7.36. The molecule has 7 atom stereocenters. The van der Waals surface area contributed by atoms with Crippen molar-refractivity contribution in [3.8, 4) is 0 Å². The van der Waals surface area contributed by atoms with Crippen molar-refractivity contribution >= 4 is 46.4 Å². The molecule has 1 saturated heterocycles. The van der Waals surface area contributed by atoms with Crippen molar-refractivity contribution in [3.63, 3.8) is 0 Å². The Kier molecular flexibility index (Phi) is 10.6. The van der Waals surface area contributed by atoms with Gasteiger partial charge in [-0.2, -0.15) is 0 Å². The molecule has 11 heteroatoms. The Bertz CT molecular complexity index is 2290. The minimum Gasteiger partial charge on any atom is -0.404 e. The molecule has 4 aliphatic rings. The van der Waals surface area contributed by atoms with Crippen LogP contribution in [0.15, 0.2) is 104 Å². The molecule has 3 N–H and O–H groups in total. The Morgan fingerprint density at radius 2 is 1.37 bits per heavy atom. The molecule has 0 radical (unpaired) electrons. The van der Waals surface area contributed by atoms with Gasteiger partial charge in [0.1, 0.15) is 17.8 Å². The van der Waals surface area contributed by atoms with Gasteiger partial charge in [0.25, 0.3) is 5.91 Å². The second-order valence-corrected chi connectivity index (χ2v) is 17.5. The van der Waals surface area contributed by atoms with Crippen LogP contribution in [0.5, 0.6) is 0 Å². The van der Waals surface area contributed by atoms with E-state index in [1.807, 2.05) is 78.9 Å². The van der Waals surface area contributed by atoms with Gasteiger partial charge in [-0.25, -0.2) is 4.98 Å². The van der Waals surface area contributed by atoms with Crippen LogP contribution in [0.3, 0.4) is 0 Å². The van der Waals surface area contributed by atoms with Crippen molar-refractivity contribution in [2.45, 2.75) is 96.5 Å². The first kappa shape index (κ1) is 38.7. The molecule has 3 aliphatic carbocycles. The zero-order valence-electron chi connectivity index (χ0n) is 33.4. The van der Waals surface area contributed by atoms with Gasteiger partial charge in [0.15, 0.2) is 0 Å². The molecule has 2 bridgehead atoms. The first-order valence-electron chi connectivity index (χ1n) is 20.3. The summed E-state index contributed by atoms with van der Waals surface area (Å²) < 4.78 is 13.6. The first-order chi connectivity index (χ1) is 27.4. The van der Waals surface area contributed by atoms with E-state index in [1.54, 1.807) is 0 Å². The van der Waals surface area contributed by atoms with Crippen LogP contribution in [0.2, 0.25) is 0 Å². The number of carbonyl (C=O) groups is 3. The van der Waals surface area contributed by atoms with Crippen molar-refractivity contribution in [1.29, 1.82) is 0 Å². The van der Waals surface area contributed by atoms with Gasteiger partial charge in [0.2, 0.25) is 11.8 Å². The molecule has 57 heavy (non-hydrogen) atoms. The largest absolute Gasteiger partial charge is 0.481 e. The minimum atomic E-state index is -1.03. The summed E-state index contributed by atoms with van der Waals surface area (Å²) in [6.45, 7) is 11.1. The van der Waals surface area contributed by atoms with E-state index in [4.69, 9.17) is 9.31 Å². The van der Waals surface area contributed by atoms with Crippen molar-refractivity contribution in [2.75, 3.05) is 0 Å². The highest BCUT2D eigenvalue weighted by Crippen LogP contribution is 2.65. The molecule has 3 amide bonds. The van der Waals surface area contributed by atoms with Gasteiger partial charge in [0, 0.05) is 25.2 Å². The second kappa shape index (κ2) is 15.7. The maximum absolute atomic E-state index is 14.7. The third kappa shape index (κ3) is 7.92. The van der Waals surface area contributed by atoms with Crippen LogP contribution in [0.4, 0.5) is 0 Å². The summed E-state index contributed by atoms with van der Waals surface area (Å²) in [5.41, 5.74) is 1.58. The number of hydrogen-bond acceptors (Lipinski definition) is 7. The molecular weight excluding hydrogens is 713 g/mol. The molecular formula is C46H52BN5O5. The van der Waals surface area contributed by atoms with E-state index >= 15 is 0 Å². The van der Waals surface area contributed by atoms with Gasteiger partial charge in [-0.05, 0) is 82.0 Å². The predicted octanol–water partition coefficient (Wildman–Crippen LogP) is 6.65. The molecule has 0 spiro atoms. The van der Waals surface area contributed by atoms with Gasteiger partial charge < -0.3 is 25.3 Å². The average Bonchev–Trinajstić information content (AvgIpc) is 3.57. The van der Waals surface area contributed by atoms with E-state index < -0.39 is 42.6 Å². The Morgan fingerprint density at radius 3 is 1.95 bits per heavy atom. The standard InChI is InChI=1S/C46H52BN5O5/c1-28(2)20-41(47-56-40-26-35-25-39(45(35,3)4)46(40,5)57-47)52-43(54)37(24-30-15-17-32-11-7-9-13-34(32)22-30)50-42(53)36(51-44(55)38-27-48-18-19-49-38)23-29-14-16-31-10-6-8-12-33(31)21-29/h6-19,21-22,27-28,35-37,39-41H,20,23-26H2,1-5H3,(H,50,53)(H,51,55)(H,52,54)/t35-,36-,37-,39-,40-,41-,46+/m0/s1. The lowest BCUT2D eigenvalue weighted by Crippen LogP contribution is -2.65. The van der Waals surface area contributed by atoms with Crippen LogP contribution < -0.4 is 16.0 Å². The molecule has 5 aromatic rings. The van der Waals surface area contributed by atoms with E-state index in [9.17, 15) is 14.4 Å². The van der Waals surface area contributed by atoms with E-state index in [0.717, 1.165) is 45.5 Å². The molecule has 4 aromatic carbocycles.